The largest absolute Gasteiger partial charge is 0.358 e. The van der Waals surface area contributed by atoms with Crippen molar-refractivity contribution in [1.82, 2.24) is 20.1 Å². The molecule has 1 saturated heterocycles. The summed E-state index contributed by atoms with van der Waals surface area (Å²) in [5.41, 5.74) is 2.31. The molecular weight excluding hydrogens is 323 g/mol. The van der Waals surface area contributed by atoms with Gasteiger partial charge in [-0.3, -0.25) is 9.88 Å². The van der Waals surface area contributed by atoms with E-state index in [0.717, 1.165) is 43.4 Å². The Kier molecular flexibility index (Phi) is 5.72. The maximum atomic E-state index is 12.9. The minimum Gasteiger partial charge on any atom is -0.358 e. The van der Waals surface area contributed by atoms with Gasteiger partial charge in [-0.25, -0.2) is 4.39 Å². The molecule has 0 radical (unpaired) electrons. The van der Waals surface area contributed by atoms with Crippen molar-refractivity contribution in [2.45, 2.75) is 13.1 Å². The molecule has 0 saturated carbocycles. The Morgan fingerprint density at radius 2 is 1.67 bits per heavy atom. The third-order valence-electron chi connectivity index (χ3n) is 4.17. The maximum Gasteiger partial charge on any atom is 0.169 e. The highest BCUT2D eigenvalue weighted by Gasteiger charge is 2.18. The van der Waals surface area contributed by atoms with Crippen molar-refractivity contribution in [2.24, 2.45) is 0 Å². The highest BCUT2D eigenvalue weighted by Crippen LogP contribution is 2.08. The van der Waals surface area contributed by atoms with Gasteiger partial charge >= 0.3 is 0 Å². The minimum atomic E-state index is -0.216. The molecule has 126 valence electrons. The molecule has 1 aliphatic heterocycles. The van der Waals surface area contributed by atoms with Gasteiger partial charge in [0, 0.05) is 51.7 Å². The van der Waals surface area contributed by atoms with Crippen LogP contribution in [0.2, 0.25) is 0 Å². The van der Waals surface area contributed by atoms with Gasteiger partial charge in [-0.1, -0.05) is 12.1 Å². The van der Waals surface area contributed by atoms with Gasteiger partial charge in [0.2, 0.25) is 0 Å². The highest BCUT2D eigenvalue weighted by molar-refractivity contribution is 7.80. The number of piperazine rings is 1. The van der Waals surface area contributed by atoms with Crippen molar-refractivity contribution >= 4 is 17.3 Å². The second kappa shape index (κ2) is 8.17. The number of thiocarbonyl (C=S) groups is 1. The summed E-state index contributed by atoms with van der Waals surface area (Å²) >= 11 is 5.48. The summed E-state index contributed by atoms with van der Waals surface area (Å²) in [4.78, 5) is 8.67. The third-order valence-corrected chi connectivity index (χ3v) is 4.57. The summed E-state index contributed by atoms with van der Waals surface area (Å²) in [5.74, 6) is -0.216. The Bertz CT molecular complexity index is 654. The number of aromatic nitrogens is 1. The number of rotatable bonds is 4. The molecule has 4 nitrogen and oxygen atoms in total. The first kappa shape index (κ1) is 16.8. The maximum absolute atomic E-state index is 12.9. The van der Waals surface area contributed by atoms with Crippen LogP contribution in [0.5, 0.6) is 0 Å². The number of hydrogen-bond donors (Lipinski definition) is 1. The summed E-state index contributed by atoms with van der Waals surface area (Å²) in [5, 5.41) is 4.03. The summed E-state index contributed by atoms with van der Waals surface area (Å²) in [6.07, 6.45) is 3.67. The fraction of sp³-hybridized carbons (Fsp3) is 0.333. The second-order valence-corrected chi connectivity index (χ2v) is 6.29. The monoisotopic (exact) mass is 344 g/mol. The van der Waals surface area contributed by atoms with Crippen LogP contribution in [0.15, 0.2) is 48.8 Å². The Morgan fingerprint density at radius 1 is 1.00 bits per heavy atom. The molecule has 2 heterocycles. The Balaban J connectivity index is 1.42. The van der Waals surface area contributed by atoms with Gasteiger partial charge in [0.05, 0.1) is 0 Å². The average molecular weight is 344 g/mol. The lowest BCUT2D eigenvalue weighted by Crippen LogP contribution is -2.51. The van der Waals surface area contributed by atoms with Crippen molar-refractivity contribution in [3.8, 4) is 0 Å². The number of nitrogens with one attached hydrogen (secondary N) is 1. The van der Waals surface area contributed by atoms with Gasteiger partial charge in [-0.15, -0.1) is 0 Å². The fourth-order valence-corrected chi connectivity index (χ4v) is 3.00. The second-order valence-electron chi connectivity index (χ2n) is 5.90. The smallest absolute Gasteiger partial charge is 0.169 e. The number of halogens is 1. The molecule has 0 aliphatic carbocycles. The molecule has 0 bridgehead atoms. The SMILES string of the molecule is Fc1ccc(CNC(=S)N2CCN(Cc3ccncc3)CC2)cc1. The van der Waals surface area contributed by atoms with E-state index in [1.165, 1.54) is 17.7 Å². The highest BCUT2D eigenvalue weighted by atomic mass is 32.1. The predicted octanol–water partition coefficient (Wildman–Crippen LogP) is 2.41. The van der Waals surface area contributed by atoms with E-state index >= 15 is 0 Å². The Morgan fingerprint density at radius 3 is 2.33 bits per heavy atom. The first-order chi connectivity index (χ1) is 11.7. The van der Waals surface area contributed by atoms with Crippen LogP contribution in [0.3, 0.4) is 0 Å². The molecule has 0 unspecified atom stereocenters. The third kappa shape index (κ3) is 4.72. The van der Waals surface area contributed by atoms with Crippen LogP contribution in [0.1, 0.15) is 11.1 Å². The molecule has 1 aromatic carbocycles. The molecule has 6 heteroatoms. The van der Waals surface area contributed by atoms with Crippen molar-refractivity contribution < 1.29 is 4.39 Å². The standard InChI is InChI=1S/C18H21FN4S/c19-17-3-1-15(2-4-17)13-21-18(24)23-11-9-22(10-12-23)14-16-5-7-20-8-6-16/h1-8H,9-14H2,(H,21,24). The van der Waals surface area contributed by atoms with Crippen LogP contribution in [0.4, 0.5) is 4.39 Å². The lowest BCUT2D eigenvalue weighted by Gasteiger charge is -2.36. The van der Waals surface area contributed by atoms with Crippen LogP contribution in [-0.4, -0.2) is 46.1 Å². The molecule has 2 aromatic rings. The van der Waals surface area contributed by atoms with E-state index in [-0.39, 0.29) is 5.82 Å². The van der Waals surface area contributed by atoms with Gasteiger partial charge in [0.25, 0.3) is 0 Å². The van der Waals surface area contributed by atoms with Crippen molar-refractivity contribution in [2.75, 3.05) is 26.2 Å². The first-order valence-corrected chi connectivity index (χ1v) is 8.50. The summed E-state index contributed by atoms with van der Waals surface area (Å²) < 4.78 is 12.9. The molecule has 0 amide bonds. The van der Waals surface area contributed by atoms with E-state index in [4.69, 9.17) is 12.2 Å². The summed E-state index contributed by atoms with van der Waals surface area (Å²) in [6.45, 7) is 5.38. The van der Waals surface area contributed by atoms with Crippen molar-refractivity contribution in [3.63, 3.8) is 0 Å². The lowest BCUT2D eigenvalue weighted by atomic mass is 10.2. The zero-order chi connectivity index (χ0) is 16.8. The lowest BCUT2D eigenvalue weighted by molar-refractivity contribution is 0.174. The molecule has 1 N–H and O–H groups in total. The van der Waals surface area contributed by atoms with Crippen molar-refractivity contribution in [1.29, 1.82) is 0 Å². The van der Waals surface area contributed by atoms with Crippen LogP contribution in [-0.2, 0) is 13.1 Å². The summed E-state index contributed by atoms with van der Waals surface area (Å²) in [7, 11) is 0. The van der Waals surface area contributed by atoms with E-state index in [1.54, 1.807) is 12.1 Å². The van der Waals surface area contributed by atoms with Crippen LogP contribution in [0.25, 0.3) is 0 Å². The zero-order valence-corrected chi connectivity index (χ0v) is 14.3. The molecule has 0 atom stereocenters. The van der Waals surface area contributed by atoms with E-state index in [1.807, 2.05) is 12.4 Å². The van der Waals surface area contributed by atoms with E-state index in [0.29, 0.717) is 6.54 Å². The average Bonchev–Trinajstić information content (AvgIpc) is 2.62. The molecule has 3 rings (SSSR count). The Hall–Kier alpha value is -2.05. The molecular formula is C18H21FN4S. The molecule has 0 spiro atoms. The number of nitrogens with zero attached hydrogens (tertiary/aromatic N) is 3. The first-order valence-electron chi connectivity index (χ1n) is 8.09. The van der Waals surface area contributed by atoms with Crippen LogP contribution >= 0.6 is 12.2 Å². The number of benzene rings is 1. The normalized spacial score (nSPS) is 15.3. The van der Waals surface area contributed by atoms with Crippen LogP contribution in [0, 0.1) is 5.82 Å². The zero-order valence-electron chi connectivity index (χ0n) is 13.5. The summed E-state index contributed by atoms with van der Waals surface area (Å²) in [6, 6.07) is 10.6. The number of hydrogen-bond acceptors (Lipinski definition) is 3. The van der Waals surface area contributed by atoms with Crippen molar-refractivity contribution in [3.05, 3.63) is 65.7 Å². The van der Waals surface area contributed by atoms with Gasteiger partial charge in [-0.2, -0.15) is 0 Å². The predicted molar refractivity (Wildman–Crippen MR) is 96.9 cm³/mol. The van der Waals surface area contributed by atoms with Gasteiger partial charge < -0.3 is 10.2 Å². The van der Waals surface area contributed by atoms with Gasteiger partial charge in [0.1, 0.15) is 5.82 Å². The number of pyridine rings is 1. The Labute approximate surface area is 147 Å². The quantitative estimate of drug-likeness (QED) is 0.861. The van der Waals surface area contributed by atoms with E-state index in [9.17, 15) is 4.39 Å². The van der Waals surface area contributed by atoms with Crippen LogP contribution < -0.4 is 5.32 Å². The van der Waals surface area contributed by atoms with Gasteiger partial charge in [-0.05, 0) is 47.6 Å². The molecule has 24 heavy (non-hydrogen) atoms. The van der Waals surface area contributed by atoms with E-state index < -0.39 is 0 Å². The van der Waals surface area contributed by atoms with Gasteiger partial charge in [0.15, 0.2) is 5.11 Å². The molecule has 1 aromatic heterocycles. The van der Waals surface area contributed by atoms with E-state index in [2.05, 4.69) is 32.2 Å². The molecule has 1 aliphatic rings. The topological polar surface area (TPSA) is 31.4 Å². The minimum absolute atomic E-state index is 0.216. The molecule has 1 fully saturated rings. The fourth-order valence-electron chi connectivity index (χ4n) is 2.75.